The second-order valence-corrected chi connectivity index (χ2v) is 5.79. The van der Waals surface area contributed by atoms with Gasteiger partial charge in [0.1, 0.15) is 5.75 Å². The molecule has 0 bridgehead atoms. The second kappa shape index (κ2) is 8.03. The number of ether oxygens (including phenoxy) is 1. The molecule has 1 amide bonds. The maximum Gasteiger partial charge on any atom is 0.237 e. The van der Waals surface area contributed by atoms with E-state index in [0.717, 1.165) is 11.3 Å². The van der Waals surface area contributed by atoms with Gasteiger partial charge in [0.25, 0.3) is 0 Å². The van der Waals surface area contributed by atoms with Crippen molar-refractivity contribution in [1.82, 2.24) is 10.6 Å². The molecule has 1 aromatic carbocycles. The van der Waals surface area contributed by atoms with E-state index in [2.05, 4.69) is 10.6 Å². The number of rotatable bonds is 6. The average molecular weight is 290 g/mol. The molecule has 2 rings (SSSR count). The Balaban J connectivity index is 1.74. The Kier molecular flexibility index (Phi) is 6.05. The van der Waals surface area contributed by atoms with Gasteiger partial charge in [-0.2, -0.15) is 0 Å². The number of carbonyl (C=O) groups is 1. The highest BCUT2D eigenvalue weighted by Crippen LogP contribution is 2.17. The van der Waals surface area contributed by atoms with Gasteiger partial charge in [-0.3, -0.25) is 4.79 Å². The van der Waals surface area contributed by atoms with Crippen molar-refractivity contribution in [3.63, 3.8) is 0 Å². The number of amides is 1. The van der Waals surface area contributed by atoms with Gasteiger partial charge in [0.15, 0.2) is 0 Å². The molecule has 4 nitrogen and oxygen atoms in total. The van der Waals surface area contributed by atoms with E-state index in [-0.39, 0.29) is 11.9 Å². The van der Waals surface area contributed by atoms with Gasteiger partial charge in [0.2, 0.25) is 5.91 Å². The van der Waals surface area contributed by atoms with Crippen molar-refractivity contribution < 1.29 is 9.53 Å². The first-order chi connectivity index (χ1) is 10.2. The van der Waals surface area contributed by atoms with E-state index < -0.39 is 0 Å². The standard InChI is InChI=1S/C17H26N2O2/c1-13(19-15-6-4-3-5-7-15)17(20)18-12-14-8-10-16(21-2)11-9-14/h8-11,13,15,19H,3-7,12H2,1-2H3,(H,18,20)/t13-/m0/s1. The van der Waals surface area contributed by atoms with Gasteiger partial charge in [-0.05, 0) is 37.5 Å². The summed E-state index contributed by atoms with van der Waals surface area (Å²) in [6, 6.07) is 8.12. The van der Waals surface area contributed by atoms with Crippen LogP contribution in [0.3, 0.4) is 0 Å². The smallest absolute Gasteiger partial charge is 0.237 e. The van der Waals surface area contributed by atoms with Crippen LogP contribution in [0.1, 0.15) is 44.6 Å². The van der Waals surface area contributed by atoms with Gasteiger partial charge in [-0.1, -0.05) is 31.4 Å². The minimum Gasteiger partial charge on any atom is -0.497 e. The lowest BCUT2D eigenvalue weighted by molar-refractivity contribution is -0.123. The summed E-state index contributed by atoms with van der Waals surface area (Å²) in [7, 11) is 1.65. The van der Waals surface area contributed by atoms with E-state index in [4.69, 9.17) is 4.74 Å². The molecule has 1 aromatic rings. The second-order valence-electron chi connectivity index (χ2n) is 5.79. The molecule has 0 heterocycles. The summed E-state index contributed by atoms with van der Waals surface area (Å²) in [6.45, 7) is 2.50. The van der Waals surface area contributed by atoms with Crippen LogP contribution in [0.5, 0.6) is 5.75 Å². The first-order valence-electron chi connectivity index (χ1n) is 7.85. The first kappa shape index (κ1) is 15.8. The quantitative estimate of drug-likeness (QED) is 0.847. The first-order valence-corrected chi connectivity index (χ1v) is 7.85. The van der Waals surface area contributed by atoms with Crippen LogP contribution in [-0.2, 0) is 11.3 Å². The Bertz CT molecular complexity index is 439. The molecule has 0 radical (unpaired) electrons. The molecule has 0 saturated heterocycles. The van der Waals surface area contributed by atoms with Crippen LogP contribution in [0.2, 0.25) is 0 Å². The summed E-state index contributed by atoms with van der Waals surface area (Å²) in [6.07, 6.45) is 6.26. The number of methoxy groups -OCH3 is 1. The Morgan fingerprint density at radius 3 is 2.52 bits per heavy atom. The molecule has 1 atom stereocenters. The Hall–Kier alpha value is -1.55. The van der Waals surface area contributed by atoms with Gasteiger partial charge in [-0.25, -0.2) is 0 Å². The number of carbonyl (C=O) groups excluding carboxylic acids is 1. The molecule has 2 N–H and O–H groups in total. The predicted molar refractivity (Wildman–Crippen MR) is 84.3 cm³/mol. The third-order valence-electron chi connectivity index (χ3n) is 4.11. The van der Waals surface area contributed by atoms with Gasteiger partial charge in [-0.15, -0.1) is 0 Å². The van der Waals surface area contributed by atoms with Crippen molar-refractivity contribution in [2.24, 2.45) is 0 Å². The molecule has 1 saturated carbocycles. The normalized spacial score (nSPS) is 17.2. The molecule has 116 valence electrons. The lowest BCUT2D eigenvalue weighted by Crippen LogP contribution is -2.46. The van der Waals surface area contributed by atoms with Gasteiger partial charge in [0, 0.05) is 12.6 Å². The van der Waals surface area contributed by atoms with Gasteiger partial charge < -0.3 is 15.4 Å². The SMILES string of the molecule is COc1ccc(CNC(=O)[C@H](C)NC2CCCCC2)cc1. The molecule has 1 aliphatic carbocycles. The fourth-order valence-electron chi connectivity index (χ4n) is 2.78. The van der Waals surface area contributed by atoms with E-state index in [1.165, 1.54) is 32.1 Å². The van der Waals surface area contributed by atoms with Crippen molar-refractivity contribution in [2.45, 2.75) is 57.7 Å². The van der Waals surface area contributed by atoms with Gasteiger partial charge >= 0.3 is 0 Å². The van der Waals surface area contributed by atoms with Crippen LogP contribution < -0.4 is 15.4 Å². The van der Waals surface area contributed by atoms with Crippen LogP contribution in [0, 0.1) is 0 Å². The number of hydrogen-bond donors (Lipinski definition) is 2. The number of hydrogen-bond acceptors (Lipinski definition) is 3. The summed E-state index contributed by atoms with van der Waals surface area (Å²) < 4.78 is 5.12. The van der Waals surface area contributed by atoms with Gasteiger partial charge in [0.05, 0.1) is 13.2 Å². The summed E-state index contributed by atoms with van der Waals surface area (Å²) in [5.41, 5.74) is 1.08. The fraction of sp³-hybridized carbons (Fsp3) is 0.588. The van der Waals surface area contributed by atoms with Crippen molar-refractivity contribution in [2.75, 3.05) is 7.11 Å². The third-order valence-corrected chi connectivity index (χ3v) is 4.11. The molecule has 0 aromatic heterocycles. The predicted octanol–water partition coefficient (Wildman–Crippen LogP) is 2.62. The lowest BCUT2D eigenvalue weighted by Gasteiger charge is -2.26. The van der Waals surface area contributed by atoms with E-state index >= 15 is 0 Å². The van der Waals surface area contributed by atoms with Crippen molar-refractivity contribution in [1.29, 1.82) is 0 Å². The maximum absolute atomic E-state index is 12.1. The summed E-state index contributed by atoms with van der Waals surface area (Å²) in [5, 5.41) is 6.42. The van der Waals surface area contributed by atoms with Crippen LogP contribution in [0.4, 0.5) is 0 Å². The lowest BCUT2D eigenvalue weighted by atomic mass is 9.95. The summed E-state index contributed by atoms with van der Waals surface area (Å²) in [5.74, 6) is 0.897. The molecular formula is C17H26N2O2. The average Bonchev–Trinajstić information content (AvgIpc) is 2.54. The molecule has 21 heavy (non-hydrogen) atoms. The fourth-order valence-corrected chi connectivity index (χ4v) is 2.78. The molecule has 1 aliphatic rings. The summed E-state index contributed by atoms with van der Waals surface area (Å²) in [4.78, 5) is 12.1. The Labute approximate surface area is 127 Å². The van der Waals surface area contributed by atoms with Crippen molar-refractivity contribution >= 4 is 5.91 Å². The van der Waals surface area contributed by atoms with Crippen LogP contribution in [-0.4, -0.2) is 25.1 Å². The third kappa shape index (κ3) is 5.05. The Morgan fingerprint density at radius 1 is 1.24 bits per heavy atom. The molecule has 0 spiro atoms. The van der Waals surface area contributed by atoms with Crippen molar-refractivity contribution in [3.05, 3.63) is 29.8 Å². The van der Waals surface area contributed by atoms with Crippen molar-refractivity contribution in [3.8, 4) is 5.75 Å². The highest BCUT2D eigenvalue weighted by Gasteiger charge is 2.19. The molecular weight excluding hydrogens is 264 g/mol. The molecule has 0 unspecified atom stereocenters. The number of benzene rings is 1. The molecule has 1 fully saturated rings. The van der Waals surface area contributed by atoms with E-state index in [1.807, 2.05) is 31.2 Å². The zero-order valence-corrected chi connectivity index (χ0v) is 13.0. The highest BCUT2D eigenvalue weighted by atomic mass is 16.5. The summed E-state index contributed by atoms with van der Waals surface area (Å²) >= 11 is 0. The monoisotopic (exact) mass is 290 g/mol. The minimum absolute atomic E-state index is 0.0661. The zero-order valence-electron chi connectivity index (χ0n) is 13.0. The molecule has 0 aliphatic heterocycles. The topological polar surface area (TPSA) is 50.4 Å². The Morgan fingerprint density at radius 2 is 1.90 bits per heavy atom. The van der Waals surface area contributed by atoms with E-state index in [1.54, 1.807) is 7.11 Å². The van der Waals surface area contributed by atoms with Crippen LogP contribution >= 0.6 is 0 Å². The van der Waals surface area contributed by atoms with E-state index in [9.17, 15) is 4.79 Å². The van der Waals surface area contributed by atoms with E-state index in [0.29, 0.717) is 12.6 Å². The van der Waals surface area contributed by atoms with Crippen LogP contribution in [0.15, 0.2) is 24.3 Å². The minimum atomic E-state index is -0.133. The molecule has 4 heteroatoms. The van der Waals surface area contributed by atoms with Crippen LogP contribution in [0.25, 0.3) is 0 Å². The highest BCUT2D eigenvalue weighted by molar-refractivity contribution is 5.81. The largest absolute Gasteiger partial charge is 0.497 e. The number of nitrogens with one attached hydrogen (secondary N) is 2. The maximum atomic E-state index is 12.1. The zero-order chi connectivity index (χ0) is 15.1.